The van der Waals surface area contributed by atoms with Gasteiger partial charge in [0.2, 0.25) is 6.79 Å². The van der Waals surface area contributed by atoms with Gasteiger partial charge in [0, 0.05) is 44.0 Å². The summed E-state index contributed by atoms with van der Waals surface area (Å²) in [5.41, 5.74) is 2.70. The molecule has 2 fully saturated rings. The molecular formula is C32H30FN5O4S2. The number of carbonyl (C=O) groups excluding carboxylic acids is 1. The van der Waals surface area contributed by atoms with Gasteiger partial charge in [0.25, 0.3) is 11.5 Å². The number of nitrogens with zero attached hydrogens (tertiary/aromatic N) is 5. The number of amides is 1. The summed E-state index contributed by atoms with van der Waals surface area (Å²) in [6.07, 6.45) is 2.47. The number of pyridine rings is 1. The smallest absolute Gasteiger partial charge is 0.270 e. The van der Waals surface area contributed by atoms with E-state index in [2.05, 4.69) is 15.9 Å². The van der Waals surface area contributed by atoms with Crippen LogP contribution in [0.15, 0.2) is 52.2 Å². The van der Waals surface area contributed by atoms with Crippen LogP contribution in [0.3, 0.4) is 0 Å². The molecule has 0 atom stereocenters. The van der Waals surface area contributed by atoms with E-state index in [9.17, 15) is 19.2 Å². The second-order valence-corrected chi connectivity index (χ2v) is 12.4. The second kappa shape index (κ2) is 12.3. The normalized spacial score (nSPS) is 17.1. The van der Waals surface area contributed by atoms with Crippen LogP contribution in [0.25, 0.3) is 6.08 Å². The number of thioether (sulfide) groups is 1. The molecule has 0 N–H and O–H groups in total. The molecule has 0 bridgehead atoms. The monoisotopic (exact) mass is 631 g/mol. The maximum Gasteiger partial charge on any atom is 0.270 e. The lowest BCUT2D eigenvalue weighted by Crippen LogP contribution is -2.48. The van der Waals surface area contributed by atoms with Crippen molar-refractivity contribution >= 4 is 51.8 Å². The Morgan fingerprint density at radius 3 is 2.45 bits per heavy atom. The van der Waals surface area contributed by atoms with Crippen molar-refractivity contribution in [1.82, 2.24) is 9.47 Å². The van der Waals surface area contributed by atoms with Gasteiger partial charge in [0.05, 0.1) is 11.4 Å². The molecule has 3 aliphatic heterocycles. The van der Waals surface area contributed by atoms with Gasteiger partial charge in [-0.15, -0.1) is 0 Å². The lowest BCUT2D eigenvalue weighted by Gasteiger charge is -2.39. The highest BCUT2D eigenvalue weighted by molar-refractivity contribution is 8.26. The number of aromatic nitrogens is 1. The van der Waals surface area contributed by atoms with Crippen LogP contribution in [0.4, 0.5) is 15.9 Å². The highest BCUT2D eigenvalue weighted by Gasteiger charge is 2.34. The van der Waals surface area contributed by atoms with Gasteiger partial charge >= 0.3 is 0 Å². The third-order valence-corrected chi connectivity index (χ3v) is 9.37. The first kappa shape index (κ1) is 29.7. The van der Waals surface area contributed by atoms with E-state index in [4.69, 9.17) is 21.7 Å². The molecule has 3 aromatic rings. The summed E-state index contributed by atoms with van der Waals surface area (Å²) in [6.45, 7) is 7.10. The molecule has 1 amide bonds. The van der Waals surface area contributed by atoms with Gasteiger partial charge in [-0.2, -0.15) is 5.26 Å². The average molecular weight is 632 g/mol. The molecule has 0 aliphatic carbocycles. The van der Waals surface area contributed by atoms with E-state index in [0.29, 0.717) is 76.8 Å². The van der Waals surface area contributed by atoms with Crippen LogP contribution >= 0.6 is 24.0 Å². The third kappa shape index (κ3) is 5.53. The summed E-state index contributed by atoms with van der Waals surface area (Å²) in [7, 11) is 0. The van der Waals surface area contributed by atoms with E-state index in [1.807, 2.05) is 25.1 Å². The Labute approximate surface area is 264 Å². The lowest BCUT2D eigenvalue weighted by atomic mass is 10.0. The predicted octanol–water partition coefficient (Wildman–Crippen LogP) is 5.03. The maximum absolute atomic E-state index is 13.7. The number of benzene rings is 2. The van der Waals surface area contributed by atoms with E-state index in [1.54, 1.807) is 34.6 Å². The summed E-state index contributed by atoms with van der Waals surface area (Å²) < 4.78 is 26.5. The Bertz CT molecular complexity index is 1780. The summed E-state index contributed by atoms with van der Waals surface area (Å²) in [6, 6.07) is 14.1. The zero-order valence-corrected chi connectivity index (χ0v) is 26.0. The second-order valence-electron chi connectivity index (χ2n) is 10.7. The molecule has 0 spiro atoms. The van der Waals surface area contributed by atoms with E-state index < -0.39 is 0 Å². The van der Waals surface area contributed by atoms with Gasteiger partial charge in [-0.05, 0) is 66.9 Å². The predicted molar refractivity (Wildman–Crippen MR) is 173 cm³/mol. The molecule has 2 saturated heterocycles. The number of carbonyl (C=O) groups is 1. The Balaban J connectivity index is 1.34. The van der Waals surface area contributed by atoms with Crippen molar-refractivity contribution in [2.24, 2.45) is 0 Å². The molecule has 3 aliphatic rings. The minimum absolute atomic E-state index is 0.0641. The van der Waals surface area contributed by atoms with Crippen molar-refractivity contribution in [3.63, 3.8) is 0 Å². The SMILES string of the molecule is CCCn1c(N2CCN(c3ccc(F)cc3)CC2)c(/C=C2/SC(=S)N(Cc3ccc4c(c3)OCO4)C2=O)c(C)c(C#N)c1=O. The van der Waals surface area contributed by atoms with Gasteiger partial charge < -0.3 is 19.3 Å². The first-order chi connectivity index (χ1) is 21.3. The van der Waals surface area contributed by atoms with Crippen LogP contribution in [0.2, 0.25) is 0 Å². The Morgan fingerprint density at radius 2 is 1.75 bits per heavy atom. The Morgan fingerprint density at radius 1 is 1.05 bits per heavy atom. The Hall–Kier alpha value is -4.34. The summed E-state index contributed by atoms with van der Waals surface area (Å²) in [5.74, 6) is 1.46. The number of anilines is 2. The number of thiocarbonyl (C=S) groups is 1. The van der Waals surface area contributed by atoms with Crippen LogP contribution in [0.1, 0.15) is 35.6 Å². The molecular weight excluding hydrogens is 602 g/mol. The quantitative estimate of drug-likeness (QED) is 0.263. The molecule has 9 nitrogen and oxygen atoms in total. The van der Waals surface area contributed by atoms with Crippen LogP contribution in [-0.4, -0.2) is 52.7 Å². The largest absolute Gasteiger partial charge is 0.454 e. The number of ether oxygens (including phenoxy) is 2. The van der Waals surface area contributed by atoms with Crippen LogP contribution in [0.5, 0.6) is 11.5 Å². The first-order valence-corrected chi connectivity index (χ1v) is 15.6. The number of halogens is 1. The van der Waals surface area contributed by atoms with Crippen LogP contribution in [-0.2, 0) is 17.9 Å². The molecule has 2 aromatic carbocycles. The van der Waals surface area contributed by atoms with Gasteiger partial charge in [-0.1, -0.05) is 37.0 Å². The van der Waals surface area contributed by atoms with Gasteiger partial charge in [-0.3, -0.25) is 19.1 Å². The number of hydrogen-bond acceptors (Lipinski definition) is 9. The van der Waals surface area contributed by atoms with Gasteiger partial charge in [-0.25, -0.2) is 4.39 Å². The summed E-state index contributed by atoms with van der Waals surface area (Å²) in [4.78, 5) is 33.6. The number of fused-ring (bicyclic) bond motifs is 1. The van der Waals surface area contributed by atoms with E-state index in [-0.39, 0.29) is 36.2 Å². The van der Waals surface area contributed by atoms with E-state index >= 15 is 0 Å². The summed E-state index contributed by atoms with van der Waals surface area (Å²) in [5, 5.41) is 9.97. The molecule has 12 heteroatoms. The zero-order chi connectivity index (χ0) is 31.0. The van der Waals surface area contributed by atoms with Crippen molar-refractivity contribution in [2.75, 3.05) is 42.8 Å². The molecule has 6 rings (SSSR count). The van der Waals surface area contributed by atoms with Crippen molar-refractivity contribution in [2.45, 2.75) is 33.4 Å². The molecule has 1 aromatic heterocycles. The number of hydrogen-bond donors (Lipinski definition) is 0. The standard InChI is InChI=1S/C32H30FN5O4S2/c1-3-10-37-29(36-13-11-35(12-14-36)23-7-5-22(33)6-8-23)24(20(2)25(17-34)30(37)39)16-28-31(40)38(32(43)44-28)18-21-4-9-26-27(15-21)42-19-41-26/h4-9,15-16H,3,10-14,18-19H2,1-2H3/b28-16+. The molecule has 0 radical (unpaired) electrons. The van der Waals surface area contributed by atoms with Crippen molar-refractivity contribution in [3.05, 3.63) is 85.8 Å². The minimum atomic E-state index is -0.338. The van der Waals surface area contributed by atoms with Gasteiger partial charge in [0.1, 0.15) is 27.6 Å². The van der Waals surface area contributed by atoms with E-state index in [0.717, 1.165) is 11.3 Å². The highest BCUT2D eigenvalue weighted by atomic mass is 32.2. The van der Waals surface area contributed by atoms with Crippen LogP contribution in [0, 0.1) is 24.1 Å². The number of rotatable bonds is 7. The fraction of sp³-hybridized carbons (Fsp3) is 0.312. The number of nitriles is 1. The molecule has 4 heterocycles. The van der Waals surface area contributed by atoms with E-state index in [1.165, 1.54) is 23.9 Å². The van der Waals surface area contributed by atoms with Crippen molar-refractivity contribution in [1.29, 1.82) is 5.26 Å². The topological polar surface area (TPSA) is 91.0 Å². The fourth-order valence-electron chi connectivity index (χ4n) is 5.73. The maximum atomic E-state index is 13.7. The summed E-state index contributed by atoms with van der Waals surface area (Å²) >= 11 is 6.84. The zero-order valence-electron chi connectivity index (χ0n) is 24.3. The fourth-order valence-corrected chi connectivity index (χ4v) is 6.97. The first-order valence-electron chi connectivity index (χ1n) is 14.4. The minimum Gasteiger partial charge on any atom is -0.454 e. The lowest BCUT2D eigenvalue weighted by molar-refractivity contribution is -0.122. The Kier molecular flexibility index (Phi) is 8.33. The average Bonchev–Trinajstić information content (AvgIpc) is 3.60. The van der Waals surface area contributed by atoms with Crippen molar-refractivity contribution < 1.29 is 18.7 Å². The molecule has 44 heavy (non-hydrogen) atoms. The number of piperazine rings is 1. The molecule has 226 valence electrons. The van der Waals surface area contributed by atoms with Crippen molar-refractivity contribution in [3.8, 4) is 17.6 Å². The molecule has 0 unspecified atom stereocenters. The van der Waals surface area contributed by atoms with Gasteiger partial charge in [0.15, 0.2) is 11.5 Å². The van der Waals surface area contributed by atoms with Crippen LogP contribution < -0.4 is 24.8 Å². The third-order valence-electron chi connectivity index (χ3n) is 7.99. The highest BCUT2D eigenvalue weighted by Crippen LogP contribution is 2.38. The molecule has 0 saturated carbocycles.